The number of rotatable bonds is 3. The molecule has 0 atom stereocenters. The van der Waals surface area contributed by atoms with E-state index < -0.39 is 0 Å². The first-order valence-electron chi connectivity index (χ1n) is 6.28. The summed E-state index contributed by atoms with van der Waals surface area (Å²) >= 11 is 0. The van der Waals surface area contributed by atoms with Gasteiger partial charge < -0.3 is 10.6 Å². The third kappa shape index (κ3) is 3.19. The zero-order chi connectivity index (χ0) is 12.5. The average Bonchev–Trinajstić information content (AvgIpc) is 2.68. The minimum absolute atomic E-state index is 0.117. The molecule has 1 fully saturated rings. The summed E-state index contributed by atoms with van der Waals surface area (Å²) < 4.78 is 14.0. The highest BCUT2D eigenvalue weighted by molar-refractivity contribution is 5.50. The van der Waals surface area contributed by atoms with Gasteiger partial charge in [-0.25, -0.2) is 4.39 Å². The van der Waals surface area contributed by atoms with E-state index in [0.717, 1.165) is 37.2 Å². The lowest BCUT2D eigenvalue weighted by atomic mass is 9.96. The van der Waals surface area contributed by atoms with E-state index in [0.29, 0.717) is 6.42 Å². The van der Waals surface area contributed by atoms with Crippen LogP contribution in [0.5, 0.6) is 0 Å². The van der Waals surface area contributed by atoms with Crippen molar-refractivity contribution in [3.8, 4) is 0 Å². The van der Waals surface area contributed by atoms with Crippen molar-refractivity contribution < 1.29 is 4.39 Å². The van der Waals surface area contributed by atoms with Gasteiger partial charge in [0.05, 0.1) is 5.69 Å². The molecule has 0 unspecified atom stereocenters. The van der Waals surface area contributed by atoms with E-state index in [-0.39, 0.29) is 11.4 Å². The highest BCUT2D eigenvalue weighted by Gasteiger charge is 2.17. The molecule has 1 aromatic rings. The molecule has 0 saturated carbocycles. The fourth-order valence-electron chi connectivity index (χ4n) is 2.40. The van der Waals surface area contributed by atoms with Gasteiger partial charge in [-0.15, -0.1) is 0 Å². The molecule has 2 rings (SSSR count). The third-order valence-electron chi connectivity index (χ3n) is 3.12. The number of halogens is 1. The Labute approximate surface area is 103 Å². The summed E-state index contributed by atoms with van der Waals surface area (Å²) in [4.78, 5) is 2.12. The van der Waals surface area contributed by atoms with Crippen LogP contribution in [0.3, 0.4) is 0 Å². The molecular formula is C14H21FN2. The van der Waals surface area contributed by atoms with Crippen LogP contribution in [0.4, 0.5) is 10.1 Å². The molecule has 2 N–H and O–H groups in total. The molecule has 1 aromatic carbocycles. The summed E-state index contributed by atoms with van der Waals surface area (Å²) in [7, 11) is 0. The van der Waals surface area contributed by atoms with Crippen molar-refractivity contribution in [2.24, 2.45) is 5.73 Å². The molecule has 0 aliphatic carbocycles. The maximum absolute atomic E-state index is 14.0. The monoisotopic (exact) mass is 236 g/mol. The highest BCUT2D eigenvalue weighted by Crippen LogP contribution is 2.25. The fourth-order valence-corrected chi connectivity index (χ4v) is 2.40. The van der Waals surface area contributed by atoms with Crippen LogP contribution < -0.4 is 10.6 Å². The Bertz CT molecular complexity index is 390. The lowest BCUT2D eigenvalue weighted by Gasteiger charge is -2.21. The number of benzene rings is 1. The predicted molar refractivity (Wildman–Crippen MR) is 69.8 cm³/mol. The van der Waals surface area contributed by atoms with Crippen molar-refractivity contribution in [3.05, 3.63) is 29.6 Å². The van der Waals surface area contributed by atoms with Gasteiger partial charge in [0.2, 0.25) is 0 Å². The first-order valence-corrected chi connectivity index (χ1v) is 6.28. The molecule has 1 saturated heterocycles. The molecule has 0 spiro atoms. The lowest BCUT2D eigenvalue weighted by Crippen LogP contribution is -2.34. The van der Waals surface area contributed by atoms with Gasteiger partial charge in [0, 0.05) is 18.6 Å². The fraction of sp³-hybridized carbons (Fsp3) is 0.571. The van der Waals surface area contributed by atoms with Gasteiger partial charge in [0.1, 0.15) is 5.82 Å². The molecule has 1 aliphatic heterocycles. The van der Waals surface area contributed by atoms with Crippen LogP contribution in [-0.2, 0) is 6.42 Å². The van der Waals surface area contributed by atoms with E-state index >= 15 is 0 Å². The normalized spacial score (nSPS) is 16.6. The molecule has 1 aliphatic rings. The second-order valence-electron chi connectivity index (χ2n) is 5.65. The Morgan fingerprint density at radius 2 is 1.94 bits per heavy atom. The molecule has 0 aromatic heterocycles. The molecule has 1 heterocycles. The molecule has 17 heavy (non-hydrogen) atoms. The zero-order valence-corrected chi connectivity index (χ0v) is 10.7. The molecule has 0 amide bonds. The Hall–Kier alpha value is -1.09. The second kappa shape index (κ2) is 4.65. The van der Waals surface area contributed by atoms with Crippen molar-refractivity contribution in [2.45, 2.75) is 38.6 Å². The van der Waals surface area contributed by atoms with Crippen molar-refractivity contribution in [1.29, 1.82) is 0 Å². The minimum Gasteiger partial charge on any atom is -0.369 e. The van der Waals surface area contributed by atoms with Gasteiger partial charge in [0.15, 0.2) is 0 Å². The Morgan fingerprint density at radius 1 is 1.29 bits per heavy atom. The van der Waals surface area contributed by atoms with Crippen molar-refractivity contribution >= 4 is 5.69 Å². The van der Waals surface area contributed by atoms with E-state index in [1.807, 2.05) is 26.0 Å². The van der Waals surface area contributed by atoms with Gasteiger partial charge in [-0.3, -0.25) is 0 Å². The van der Waals surface area contributed by atoms with Gasteiger partial charge in [-0.05, 0) is 50.8 Å². The van der Waals surface area contributed by atoms with Gasteiger partial charge in [-0.2, -0.15) is 0 Å². The second-order valence-corrected chi connectivity index (χ2v) is 5.65. The van der Waals surface area contributed by atoms with E-state index in [1.54, 1.807) is 6.07 Å². The average molecular weight is 236 g/mol. The summed E-state index contributed by atoms with van der Waals surface area (Å²) in [6.07, 6.45) is 3.03. The highest BCUT2D eigenvalue weighted by atomic mass is 19.1. The standard InChI is InChI=1S/C14H21FN2/c1-14(2,16)10-11-5-6-13(12(15)9-11)17-7-3-4-8-17/h5-6,9H,3-4,7-8,10,16H2,1-2H3. The summed E-state index contributed by atoms with van der Waals surface area (Å²) in [5.74, 6) is -0.117. The SMILES string of the molecule is CC(C)(N)Cc1ccc(N2CCCC2)c(F)c1. The first-order chi connectivity index (χ1) is 7.96. The summed E-state index contributed by atoms with van der Waals surface area (Å²) in [5, 5.41) is 0. The number of nitrogens with two attached hydrogens (primary N) is 1. The first kappa shape index (κ1) is 12.4. The van der Waals surface area contributed by atoms with E-state index in [4.69, 9.17) is 5.73 Å². The van der Waals surface area contributed by atoms with Gasteiger partial charge in [0.25, 0.3) is 0 Å². The van der Waals surface area contributed by atoms with Crippen LogP contribution in [0.2, 0.25) is 0 Å². The maximum atomic E-state index is 14.0. The molecule has 3 heteroatoms. The number of hydrogen-bond acceptors (Lipinski definition) is 2. The molecule has 0 radical (unpaired) electrons. The molecule has 0 bridgehead atoms. The molecule has 94 valence electrons. The van der Waals surface area contributed by atoms with E-state index in [1.165, 1.54) is 0 Å². The molecular weight excluding hydrogens is 215 g/mol. The van der Waals surface area contributed by atoms with Crippen LogP contribution >= 0.6 is 0 Å². The summed E-state index contributed by atoms with van der Waals surface area (Å²) in [6.45, 7) is 5.86. The Morgan fingerprint density at radius 3 is 2.47 bits per heavy atom. The van der Waals surface area contributed by atoms with Crippen molar-refractivity contribution in [3.63, 3.8) is 0 Å². The smallest absolute Gasteiger partial charge is 0.146 e. The lowest BCUT2D eigenvalue weighted by molar-refractivity contribution is 0.514. The topological polar surface area (TPSA) is 29.3 Å². The van der Waals surface area contributed by atoms with Crippen molar-refractivity contribution in [1.82, 2.24) is 0 Å². The minimum atomic E-state index is -0.290. The summed E-state index contributed by atoms with van der Waals surface area (Å²) in [6, 6.07) is 5.51. The van der Waals surface area contributed by atoms with Crippen LogP contribution in [-0.4, -0.2) is 18.6 Å². The quantitative estimate of drug-likeness (QED) is 0.874. The van der Waals surface area contributed by atoms with Crippen LogP contribution in [0.25, 0.3) is 0 Å². The predicted octanol–water partition coefficient (Wildman–Crippen LogP) is 2.71. The molecule has 2 nitrogen and oxygen atoms in total. The summed E-state index contributed by atoms with van der Waals surface area (Å²) in [5.41, 5.74) is 7.36. The Kier molecular flexibility index (Phi) is 3.38. The number of nitrogens with zero attached hydrogens (tertiary/aromatic N) is 1. The van der Waals surface area contributed by atoms with Crippen LogP contribution in [0, 0.1) is 5.82 Å². The third-order valence-corrected chi connectivity index (χ3v) is 3.12. The van der Waals surface area contributed by atoms with Crippen LogP contribution in [0.1, 0.15) is 32.3 Å². The Balaban J connectivity index is 2.16. The van der Waals surface area contributed by atoms with Crippen molar-refractivity contribution in [2.75, 3.05) is 18.0 Å². The zero-order valence-electron chi connectivity index (χ0n) is 10.7. The van der Waals surface area contributed by atoms with Gasteiger partial charge in [-0.1, -0.05) is 6.07 Å². The maximum Gasteiger partial charge on any atom is 0.146 e. The van der Waals surface area contributed by atoms with Gasteiger partial charge >= 0.3 is 0 Å². The van der Waals surface area contributed by atoms with Crippen LogP contribution in [0.15, 0.2) is 18.2 Å². The number of anilines is 1. The number of hydrogen-bond donors (Lipinski definition) is 1. The van der Waals surface area contributed by atoms with E-state index in [9.17, 15) is 4.39 Å². The van der Waals surface area contributed by atoms with E-state index in [2.05, 4.69) is 4.90 Å². The largest absolute Gasteiger partial charge is 0.369 e.